The van der Waals surface area contributed by atoms with Crippen LogP contribution in [-0.4, -0.2) is 22.4 Å². The Kier molecular flexibility index (Phi) is 3.54. The molecular weight excluding hydrogens is 222 g/mol. The first-order valence-corrected chi connectivity index (χ1v) is 7.19. The van der Waals surface area contributed by atoms with E-state index in [2.05, 4.69) is 52.1 Å². The largest absolute Gasteiger partial charge is 0.314 e. The van der Waals surface area contributed by atoms with E-state index in [1.807, 2.05) is 4.68 Å². The third-order valence-electron chi connectivity index (χ3n) is 5.19. The lowest BCUT2D eigenvalue weighted by atomic mass is 9.53. The number of rotatable bonds is 4. The molecule has 0 aromatic carbocycles. The fourth-order valence-corrected chi connectivity index (χ4v) is 3.65. The number of aryl methyl sites for hydroxylation is 2. The van der Waals surface area contributed by atoms with Crippen LogP contribution in [0.2, 0.25) is 0 Å². The van der Waals surface area contributed by atoms with Crippen molar-refractivity contribution >= 4 is 0 Å². The van der Waals surface area contributed by atoms with Crippen LogP contribution >= 0.6 is 0 Å². The molecule has 0 spiro atoms. The number of hydrogen-bond acceptors (Lipinski definition) is 2. The molecule has 0 saturated heterocycles. The fraction of sp³-hybridized carbons (Fsp3) is 0.800. The second kappa shape index (κ2) is 4.69. The lowest BCUT2D eigenvalue weighted by Gasteiger charge is -2.55. The summed E-state index contributed by atoms with van der Waals surface area (Å²) < 4.78 is 2.03. The van der Waals surface area contributed by atoms with Gasteiger partial charge in [0, 0.05) is 18.8 Å². The van der Waals surface area contributed by atoms with Crippen LogP contribution in [0.4, 0.5) is 0 Å². The molecule has 3 nitrogen and oxygen atoms in total. The highest BCUT2D eigenvalue weighted by Crippen LogP contribution is 2.56. The number of nitrogens with zero attached hydrogens (tertiary/aromatic N) is 2. The standard InChI is InChI=1S/C15H27N3/c1-7-15(5)12(9-13(15)16-8-2)14-10(3)17-18(6)11(14)4/h12-13,16H,7-9H2,1-6H3. The zero-order chi connectivity index (χ0) is 13.5. The van der Waals surface area contributed by atoms with Gasteiger partial charge in [-0.1, -0.05) is 20.8 Å². The van der Waals surface area contributed by atoms with Crippen LogP contribution < -0.4 is 5.32 Å². The lowest BCUT2D eigenvalue weighted by molar-refractivity contribution is 0.0448. The summed E-state index contributed by atoms with van der Waals surface area (Å²) in [5, 5.41) is 8.22. The Morgan fingerprint density at radius 3 is 2.50 bits per heavy atom. The molecule has 1 heterocycles. The highest BCUT2D eigenvalue weighted by Gasteiger charge is 2.51. The van der Waals surface area contributed by atoms with Crippen LogP contribution in [0.1, 0.15) is 56.5 Å². The molecule has 18 heavy (non-hydrogen) atoms. The Bertz CT molecular complexity index is 435. The Labute approximate surface area is 111 Å². The average molecular weight is 249 g/mol. The molecule has 0 bridgehead atoms. The quantitative estimate of drug-likeness (QED) is 0.889. The van der Waals surface area contributed by atoms with E-state index < -0.39 is 0 Å². The fourth-order valence-electron chi connectivity index (χ4n) is 3.65. The van der Waals surface area contributed by atoms with Crippen molar-refractivity contribution in [1.29, 1.82) is 0 Å². The van der Waals surface area contributed by atoms with Gasteiger partial charge < -0.3 is 5.32 Å². The number of aromatic nitrogens is 2. The molecule has 1 aromatic rings. The van der Waals surface area contributed by atoms with Gasteiger partial charge in [-0.15, -0.1) is 0 Å². The molecule has 0 radical (unpaired) electrons. The Morgan fingerprint density at radius 2 is 2.06 bits per heavy atom. The second-order valence-electron chi connectivity index (χ2n) is 5.97. The molecule has 0 amide bonds. The molecule has 1 aromatic heterocycles. The van der Waals surface area contributed by atoms with E-state index in [9.17, 15) is 0 Å². The van der Waals surface area contributed by atoms with Crippen molar-refractivity contribution < 1.29 is 0 Å². The van der Waals surface area contributed by atoms with Crippen LogP contribution in [0.25, 0.3) is 0 Å². The molecular formula is C15H27N3. The van der Waals surface area contributed by atoms with E-state index >= 15 is 0 Å². The third kappa shape index (κ3) is 1.80. The molecule has 1 fully saturated rings. The Balaban J connectivity index is 2.30. The molecule has 1 aliphatic rings. The maximum Gasteiger partial charge on any atom is 0.0631 e. The van der Waals surface area contributed by atoms with Gasteiger partial charge in [-0.25, -0.2) is 0 Å². The third-order valence-corrected chi connectivity index (χ3v) is 5.19. The molecule has 1 N–H and O–H groups in total. The van der Waals surface area contributed by atoms with Crippen LogP contribution in [0.3, 0.4) is 0 Å². The molecule has 102 valence electrons. The maximum atomic E-state index is 4.58. The van der Waals surface area contributed by atoms with Gasteiger partial charge >= 0.3 is 0 Å². The topological polar surface area (TPSA) is 29.9 Å². The van der Waals surface area contributed by atoms with Gasteiger partial charge in [0.2, 0.25) is 0 Å². The summed E-state index contributed by atoms with van der Waals surface area (Å²) in [4.78, 5) is 0. The number of hydrogen-bond donors (Lipinski definition) is 1. The smallest absolute Gasteiger partial charge is 0.0631 e. The minimum Gasteiger partial charge on any atom is -0.314 e. The normalized spacial score (nSPS) is 31.4. The van der Waals surface area contributed by atoms with Crippen molar-refractivity contribution in [2.45, 2.75) is 59.4 Å². The average Bonchev–Trinajstić information content (AvgIpc) is 2.58. The predicted octanol–water partition coefficient (Wildman–Crippen LogP) is 2.92. The Morgan fingerprint density at radius 1 is 1.39 bits per heavy atom. The van der Waals surface area contributed by atoms with Gasteiger partial charge in [0.05, 0.1) is 5.69 Å². The van der Waals surface area contributed by atoms with Crippen molar-refractivity contribution in [2.75, 3.05) is 6.54 Å². The van der Waals surface area contributed by atoms with E-state index in [-0.39, 0.29) is 0 Å². The summed E-state index contributed by atoms with van der Waals surface area (Å²) in [6, 6.07) is 0.663. The summed E-state index contributed by atoms with van der Waals surface area (Å²) >= 11 is 0. The van der Waals surface area contributed by atoms with Crippen LogP contribution in [0.5, 0.6) is 0 Å². The van der Waals surface area contributed by atoms with Gasteiger partial charge in [-0.3, -0.25) is 4.68 Å². The SMILES string of the molecule is CCNC1CC(c2c(C)nn(C)c2C)C1(C)CC. The first-order chi connectivity index (χ1) is 8.45. The predicted molar refractivity (Wildman–Crippen MR) is 75.9 cm³/mol. The molecule has 0 aliphatic heterocycles. The highest BCUT2D eigenvalue weighted by molar-refractivity contribution is 5.34. The molecule has 3 heteroatoms. The minimum absolute atomic E-state index is 0.383. The molecule has 3 atom stereocenters. The van der Waals surface area contributed by atoms with E-state index in [0.717, 1.165) is 6.54 Å². The van der Waals surface area contributed by atoms with E-state index in [4.69, 9.17) is 0 Å². The monoisotopic (exact) mass is 249 g/mol. The number of nitrogens with one attached hydrogen (secondary N) is 1. The van der Waals surface area contributed by atoms with Gasteiger partial charge in [-0.2, -0.15) is 5.10 Å². The van der Waals surface area contributed by atoms with E-state index in [1.54, 1.807) is 0 Å². The summed E-state index contributed by atoms with van der Waals surface area (Å²) in [5.41, 5.74) is 4.44. The van der Waals surface area contributed by atoms with Crippen LogP contribution in [0.15, 0.2) is 0 Å². The van der Waals surface area contributed by atoms with Crippen molar-refractivity contribution in [3.8, 4) is 0 Å². The van der Waals surface area contributed by atoms with Gasteiger partial charge in [0.15, 0.2) is 0 Å². The van der Waals surface area contributed by atoms with Crippen molar-refractivity contribution in [1.82, 2.24) is 15.1 Å². The summed E-state index contributed by atoms with van der Waals surface area (Å²) in [5.74, 6) is 0.667. The van der Waals surface area contributed by atoms with Crippen molar-refractivity contribution in [3.05, 3.63) is 17.0 Å². The summed E-state index contributed by atoms with van der Waals surface area (Å²) in [6.45, 7) is 12.4. The maximum absolute atomic E-state index is 4.58. The molecule has 3 unspecified atom stereocenters. The molecule has 1 aliphatic carbocycles. The van der Waals surface area contributed by atoms with Gasteiger partial charge in [0.25, 0.3) is 0 Å². The zero-order valence-electron chi connectivity index (χ0n) is 12.7. The van der Waals surface area contributed by atoms with Crippen LogP contribution in [-0.2, 0) is 7.05 Å². The van der Waals surface area contributed by atoms with E-state index in [1.165, 1.54) is 29.8 Å². The summed E-state index contributed by atoms with van der Waals surface area (Å²) in [7, 11) is 2.05. The second-order valence-corrected chi connectivity index (χ2v) is 5.97. The van der Waals surface area contributed by atoms with Crippen molar-refractivity contribution in [3.63, 3.8) is 0 Å². The highest BCUT2D eigenvalue weighted by atomic mass is 15.3. The lowest BCUT2D eigenvalue weighted by Crippen LogP contribution is -2.56. The first kappa shape index (κ1) is 13.6. The Hall–Kier alpha value is -0.830. The van der Waals surface area contributed by atoms with Crippen molar-refractivity contribution in [2.24, 2.45) is 12.5 Å². The zero-order valence-corrected chi connectivity index (χ0v) is 12.7. The van der Waals surface area contributed by atoms with Gasteiger partial charge in [0.1, 0.15) is 0 Å². The van der Waals surface area contributed by atoms with E-state index in [0.29, 0.717) is 17.4 Å². The first-order valence-electron chi connectivity index (χ1n) is 7.19. The van der Waals surface area contributed by atoms with Crippen LogP contribution in [0, 0.1) is 19.3 Å². The minimum atomic E-state index is 0.383. The summed E-state index contributed by atoms with van der Waals surface area (Å²) in [6.07, 6.45) is 2.48. The molecule has 2 rings (SSSR count). The molecule has 1 saturated carbocycles. The van der Waals surface area contributed by atoms with Gasteiger partial charge in [-0.05, 0) is 50.1 Å².